The molecule has 0 N–H and O–H groups in total. The third-order valence-electron chi connectivity index (χ3n) is 23.1. The molecular formula is C91H115B3Br2O11. The summed E-state index contributed by atoms with van der Waals surface area (Å²) in [7, 11) is -1.54. The molecule has 0 saturated carbocycles. The molecule has 0 unspecified atom stereocenters. The third kappa shape index (κ3) is 17.0. The first-order chi connectivity index (χ1) is 51.0. The van der Waals surface area contributed by atoms with Gasteiger partial charge in [-0.2, -0.15) is 0 Å². The molecule has 0 spiro atoms. The molecule has 5 aliphatic rings. The van der Waals surface area contributed by atoms with Crippen molar-refractivity contribution < 1.29 is 51.5 Å². The fraction of sp³-hybridized carbons (Fsp3) is 0.473. The second-order valence-corrected chi connectivity index (χ2v) is 34.5. The van der Waals surface area contributed by atoms with Gasteiger partial charge in [0, 0.05) is 15.0 Å². The molecule has 0 aromatic heterocycles. The molecule has 0 atom stereocenters. The first-order valence-electron chi connectivity index (χ1n) is 39.5. The van der Waals surface area contributed by atoms with Crippen LogP contribution in [0.15, 0.2) is 179 Å². The molecule has 13 rings (SSSR count). The molecule has 8 aromatic carbocycles. The van der Waals surface area contributed by atoms with Crippen LogP contribution >= 0.6 is 31.9 Å². The maximum absolute atomic E-state index is 6.65. The normalized spacial score (nSPS) is 18.0. The summed E-state index contributed by atoms with van der Waals surface area (Å²) in [4.78, 5) is 0. The molecule has 2 aliphatic carbocycles. The number of hydrogen-bond acceptors (Lipinski definition) is 11. The molecule has 11 nitrogen and oxygen atoms in total. The smallest absolute Gasteiger partial charge is 0.490 e. The van der Waals surface area contributed by atoms with E-state index >= 15 is 0 Å². The Morgan fingerprint density at radius 1 is 0.318 bits per heavy atom. The van der Waals surface area contributed by atoms with E-state index in [9.17, 15) is 0 Å². The molecule has 107 heavy (non-hydrogen) atoms. The van der Waals surface area contributed by atoms with Gasteiger partial charge in [-0.25, -0.2) is 0 Å². The summed E-state index contributed by atoms with van der Waals surface area (Å²) in [5, 5.41) is 0. The van der Waals surface area contributed by atoms with Crippen molar-refractivity contribution in [1.82, 2.24) is 0 Å². The molecule has 0 bridgehead atoms. The fourth-order valence-corrected chi connectivity index (χ4v) is 15.7. The second-order valence-electron chi connectivity index (χ2n) is 32.7. The largest absolute Gasteiger partial charge is 0.640 e. The molecule has 568 valence electrons. The Bertz CT molecular complexity index is 4120. The predicted octanol–water partition coefficient (Wildman–Crippen LogP) is 22.5. The van der Waals surface area contributed by atoms with E-state index in [-0.39, 0.29) is 17.3 Å². The summed E-state index contributed by atoms with van der Waals surface area (Å²) in [6, 6.07) is 61.7. The van der Waals surface area contributed by atoms with Gasteiger partial charge in [-0.1, -0.05) is 232 Å². The highest BCUT2D eigenvalue weighted by Gasteiger charge is 2.57. The van der Waals surface area contributed by atoms with Gasteiger partial charge in [0.1, 0.15) is 0 Å². The summed E-state index contributed by atoms with van der Waals surface area (Å²) in [5.41, 5.74) is 12.7. The lowest BCUT2D eigenvalue weighted by molar-refractivity contribution is 0.00578. The van der Waals surface area contributed by atoms with Gasteiger partial charge in [0.25, 0.3) is 0 Å². The number of halogens is 2. The molecule has 8 aromatic rings. The standard InChI is InChI=1S/C47H60B2O6.C35H36Br2O2.C9H19BO3/c1-11-13-18-28-50-41-27-22-34(30-42(41)51-29-19-14-12-2)47(33-20-16-15-17-21-33)39-31-35(48-52-43(3,4)44(5,6)53-48)23-25-37(39)38-26-24-36(32-40(38)47)49-54-45(7,8)46(9,10)55-49;1-3-5-10-20-38-33-19-14-26(22-34(33)39-21-11-6-4-2)35(25-12-8-7-9-13-25)31-23-27(36)15-17-29(31)30-18-16-28(37)24-32(30)35;1-7(2)11-10-12-8(3,4)9(5,6)13-10/h15-17,20-27,30-32H,11-14,18-19,28-29H2,1-10H3;7-9,12-19,22-24H,3-6,10-11,20-21H2,1-2H3;7H,1-6H3. The van der Waals surface area contributed by atoms with E-state index < -0.39 is 54.8 Å². The fourth-order valence-electron chi connectivity index (χ4n) is 15.0. The molecule has 3 heterocycles. The van der Waals surface area contributed by atoms with Crippen molar-refractivity contribution in [2.24, 2.45) is 0 Å². The topological polar surface area (TPSA) is 102 Å². The van der Waals surface area contributed by atoms with Crippen molar-refractivity contribution in [2.75, 3.05) is 26.4 Å². The number of hydrogen-bond donors (Lipinski definition) is 0. The Morgan fingerprint density at radius 2 is 0.617 bits per heavy atom. The Labute approximate surface area is 658 Å². The Morgan fingerprint density at radius 3 is 0.935 bits per heavy atom. The van der Waals surface area contributed by atoms with Crippen LogP contribution in [0, 0.1) is 0 Å². The molecule has 0 radical (unpaired) electrons. The zero-order valence-electron chi connectivity index (χ0n) is 67.0. The average Bonchev–Trinajstić information content (AvgIpc) is 1.57. The predicted molar refractivity (Wildman–Crippen MR) is 447 cm³/mol. The zero-order chi connectivity index (χ0) is 76.7. The van der Waals surface area contributed by atoms with Crippen LogP contribution in [0.2, 0.25) is 0 Å². The van der Waals surface area contributed by atoms with Gasteiger partial charge >= 0.3 is 21.6 Å². The van der Waals surface area contributed by atoms with Gasteiger partial charge < -0.3 is 51.5 Å². The van der Waals surface area contributed by atoms with E-state index in [2.05, 4.69) is 285 Å². The quantitative estimate of drug-likeness (QED) is 0.0346. The Kier molecular flexibility index (Phi) is 26.2. The van der Waals surface area contributed by atoms with Crippen LogP contribution < -0.4 is 29.9 Å². The van der Waals surface area contributed by atoms with Gasteiger partial charge in [0.2, 0.25) is 0 Å². The van der Waals surface area contributed by atoms with E-state index in [0.29, 0.717) is 26.4 Å². The summed E-state index contributed by atoms with van der Waals surface area (Å²) in [6.07, 6.45) is 13.4. The summed E-state index contributed by atoms with van der Waals surface area (Å²) < 4.78 is 71.3. The van der Waals surface area contributed by atoms with Gasteiger partial charge in [-0.05, 0) is 249 Å². The summed E-state index contributed by atoms with van der Waals surface area (Å²) in [5.74, 6) is 3.22. The molecule has 3 saturated heterocycles. The van der Waals surface area contributed by atoms with Gasteiger partial charge in [0.05, 0.1) is 70.9 Å². The lowest BCUT2D eigenvalue weighted by Crippen LogP contribution is -2.41. The first kappa shape index (κ1) is 81.8. The minimum atomic E-state index is -0.729. The number of unbranched alkanes of at least 4 members (excludes halogenated alkanes) is 8. The lowest BCUT2D eigenvalue weighted by atomic mass is 9.65. The summed E-state index contributed by atoms with van der Waals surface area (Å²) in [6.45, 7) is 40.4. The Hall–Kier alpha value is -6.17. The van der Waals surface area contributed by atoms with E-state index in [4.69, 9.17) is 51.5 Å². The van der Waals surface area contributed by atoms with E-state index in [1.54, 1.807) is 0 Å². The monoisotopic (exact) mass is 1570 g/mol. The summed E-state index contributed by atoms with van der Waals surface area (Å²) >= 11 is 7.57. The van der Waals surface area contributed by atoms with Crippen LogP contribution in [0.5, 0.6) is 23.0 Å². The molecule has 3 aliphatic heterocycles. The maximum Gasteiger partial charge on any atom is 0.640 e. The number of rotatable bonds is 28. The van der Waals surface area contributed by atoms with Crippen LogP contribution in [0.1, 0.15) is 246 Å². The average molecular weight is 1580 g/mol. The van der Waals surface area contributed by atoms with Crippen LogP contribution in [-0.2, 0) is 43.4 Å². The molecule has 16 heteroatoms. The van der Waals surface area contributed by atoms with Crippen LogP contribution in [-0.4, -0.2) is 87.7 Å². The zero-order valence-corrected chi connectivity index (χ0v) is 70.2. The van der Waals surface area contributed by atoms with Crippen molar-refractivity contribution in [2.45, 2.75) is 252 Å². The lowest BCUT2D eigenvalue weighted by Gasteiger charge is -2.35. The molecule has 3 fully saturated rings. The second kappa shape index (κ2) is 34.2. The van der Waals surface area contributed by atoms with Gasteiger partial charge in [0.15, 0.2) is 23.0 Å². The number of benzene rings is 8. The van der Waals surface area contributed by atoms with Crippen molar-refractivity contribution in [3.05, 3.63) is 223 Å². The van der Waals surface area contributed by atoms with Crippen molar-refractivity contribution in [3.63, 3.8) is 0 Å². The highest BCUT2D eigenvalue weighted by molar-refractivity contribution is 9.10. The molecular weight excluding hydrogens is 1460 g/mol. The van der Waals surface area contributed by atoms with Crippen molar-refractivity contribution >= 4 is 64.3 Å². The van der Waals surface area contributed by atoms with Gasteiger partial charge in [-0.15, -0.1) is 0 Å². The SMILES string of the molecule is CC(C)OB1OC(C)(C)C(C)(C)O1.CCCCCOc1ccc(C2(c3ccccc3)c3cc(B4OC(C)(C)C(C)(C)O4)ccc3-c3ccc(B4OC(C)(C)C(C)(C)O4)cc32)cc1OCCCCC.CCCCCOc1ccc(C2(c3ccccc3)c3cc(Br)ccc3-c3ccc(Br)cc32)cc1OCCCCC. The van der Waals surface area contributed by atoms with E-state index in [1.807, 2.05) is 41.5 Å². The van der Waals surface area contributed by atoms with E-state index in [0.717, 1.165) is 118 Å². The van der Waals surface area contributed by atoms with Crippen LogP contribution in [0.4, 0.5) is 0 Å². The number of fused-ring (bicyclic) bond motifs is 6. The highest BCUT2D eigenvalue weighted by atomic mass is 79.9. The van der Waals surface area contributed by atoms with Crippen LogP contribution in [0.3, 0.4) is 0 Å². The maximum atomic E-state index is 6.65. The minimum Gasteiger partial charge on any atom is -0.490 e. The highest BCUT2D eigenvalue weighted by Crippen LogP contribution is 2.60. The minimum absolute atomic E-state index is 0.120. The first-order valence-corrected chi connectivity index (χ1v) is 41.1. The molecule has 0 amide bonds. The third-order valence-corrected chi connectivity index (χ3v) is 24.1. The van der Waals surface area contributed by atoms with Crippen molar-refractivity contribution in [3.8, 4) is 45.3 Å². The van der Waals surface area contributed by atoms with Gasteiger partial charge in [-0.3, -0.25) is 0 Å². The number of ether oxygens (including phenoxy) is 4. The van der Waals surface area contributed by atoms with Crippen LogP contribution in [0.25, 0.3) is 22.3 Å². The van der Waals surface area contributed by atoms with Crippen molar-refractivity contribution in [1.29, 1.82) is 0 Å². The van der Waals surface area contributed by atoms with E-state index in [1.165, 1.54) is 68.5 Å². The Balaban J connectivity index is 0.000000190.